The lowest BCUT2D eigenvalue weighted by molar-refractivity contribution is 0.424. The second kappa shape index (κ2) is 5.17. The van der Waals surface area contributed by atoms with Crippen molar-refractivity contribution in [2.24, 2.45) is 5.92 Å². The maximum atomic E-state index is 6.48. The molecule has 1 aliphatic carbocycles. The van der Waals surface area contributed by atoms with E-state index in [-0.39, 0.29) is 6.04 Å². The lowest BCUT2D eigenvalue weighted by atomic mass is 9.75. The van der Waals surface area contributed by atoms with Gasteiger partial charge in [0.05, 0.1) is 6.04 Å². The zero-order valence-corrected chi connectivity index (χ0v) is 13.7. The molecule has 112 valence electrons. The van der Waals surface area contributed by atoms with Crippen molar-refractivity contribution >= 4 is 17.3 Å². The normalized spacial score (nSPS) is 25.5. The summed E-state index contributed by atoms with van der Waals surface area (Å²) in [5.41, 5.74) is 6.65. The molecule has 0 bridgehead atoms. The first-order chi connectivity index (χ1) is 10.6. The van der Waals surface area contributed by atoms with Gasteiger partial charge in [-0.05, 0) is 60.6 Å². The highest BCUT2D eigenvalue weighted by Crippen LogP contribution is 2.51. The molecule has 0 fully saturated rings. The highest BCUT2D eigenvalue weighted by Gasteiger charge is 2.39. The van der Waals surface area contributed by atoms with Crippen LogP contribution in [0, 0.1) is 19.8 Å². The maximum Gasteiger partial charge on any atom is 0.0568 e. The van der Waals surface area contributed by atoms with Crippen LogP contribution in [0.5, 0.6) is 0 Å². The van der Waals surface area contributed by atoms with Crippen LogP contribution in [0.3, 0.4) is 0 Å². The van der Waals surface area contributed by atoms with Crippen molar-refractivity contribution < 1.29 is 0 Å². The highest BCUT2D eigenvalue weighted by molar-refractivity contribution is 6.31. The molecule has 0 amide bonds. The van der Waals surface area contributed by atoms with Crippen LogP contribution < -0.4 is 5.32 Å². The molecule has 4 rings (SSSR count). The monoisotopic (exact) mass is 309 g/mol. The van der Waals surface area contributed by atoms with E-state index in [1.165, 1.54) is 27.9 Å². The Balaban J connectivity index is 1.86. The van der Waals surface area contributed by atoms with Gasteiger partial charge in [0.15, 0.2) is 0 Å². The molecule has 2 aromatic rings. The molecular weight excluding hydrogens is 290 g/mol. The standard InChI is InChI=1S/C20H20ClN/c1-12-10-13(2)19-14-7-5-8-15(14)20(22-18(19)11-12)16-6-3-4-9-17(16)21/h3-7,9-11,14-15,20,22H,8H2,1-2H3/t14?,15?,20-/m0/s1. The summed E-state index contributed by atoms with van der Waals surface area (Å²) in [6.07, 6.45) is 5.83. The summed E-state index contributed by atoms with van der Waals surface area (Å²) >= 11 is 6.48. The van der Waals surface area contributed by atoms with Gasteiger partial charge in [0.25, 0.3) is 0 Å². The average molecular weight is 310 g/mol. The van der Waals surface area contributed by atoms with E-state index in [1.807, 2.05) is 12.1 Å². The third kappa shape index (κ3) is 2.07. The first kappa shape index (κ1) is 13.9. The van der Waals surface area contributed by atoms with Crippen molar-refractivity contribution in [1.82, 2.24) is 0 Å². The number of hydrogen-bond acceptors (Lipinski definition) is 1. The molecule has 0 aromatic heterocycles. The molecule has 0 spiro atoms. The van der Waals surface area contributed by atoms with E-state index in [4.69, 9.17) is 11.6 Å². The Labute approximate surface area is 137 Å². The summed E-state index contributed by atoms with van der Waals surface area (Å²) in [7, 11) is 0. The van der Waals surface area contributed by atoms with Crippen LogP contribution in [0.15, 0.2) is 48.6 Å². The number of benzene rings is 2. The molecule has 1 nitrogen and oxygen atoms in total. The summed E-state index contributed by atoms with van der Waals surface area (Å²) in [4.78, 5) is 0. The van der Waals surface area contributed by atoms with Crippen LogP contribution in [0.4, 0.5) is 5.69 Å². The van der Waals surface area contributed by atoms with Crippen molar-refractivity contribution in [2.45, 2.75) is 32.2 Å². The molecule has 3 atom stereocenters. The van der Waals surface area contributed by atoms with Crippen LogP contribution in [0.2, 0.25) is 5.02 Å². The third-order valence-electron chi connectivity index (χ3n) is 5.06. The Kier molecular flexibility index (Phi) is 3.27. The Bertz CT molecular complexity index is 762. The van der Waals surface area contributed by atoms with E-state index in [2.05, 4.69) is 55.6 Å². The number of hydrogen-bond donors (Lipinski definition) is 1. The largest absolute Gasteiger partial charge is 0.378 e. The predicted octanol–water partition coefficient (Wildman–Crippen LogP) is 5.78. The first-order valence-electron chi connectivity index (χ1n) is 7.94. The topological polar surface area (TPSA) is 12.0 Å². The van der Waals surface area contributed by atoms with E-state index < -0.39 is 0 Å². The van der Waals surface area contributed by atoms with E-state index in [9.17, 15) is 0 Å². The summed E-state index contributed by atoms with van der Waals surface area (Å²) in [6, 6.07) is 13.1. The number of fused-ring (bicyclic) bond motifs is 3. The quantitative estimate of drug-likeness (QED) is 0.658. The molecular formula is C20H20ClN. The summed E-state index contributed by atoms with van der Waals surface area (Å²) in [5.74, 6) is 1.05. The van der Waals surface area contributed by atoms with E-state index in [0.717, 1.165) is 11.4 Å². The minimum Gasteiger partial charge on any atom is -0.378 e. The van der Waals surface area contributed by atoms with E-state index >= 15 is 0 Å². The number of rotatable bonds is 1. The van der Waals surface area contributed by atoms with Crippen LogP contribution in [-0.2, 0) is 0 Å². The number of aryl methyl sites for hydroxylation is 2. The zero-order valence-electron chi connectivity index (χ0n) is 12.9. The minimum absolute atomic E-state index is 0.280. The fraction of sp³-hybridized carbons (Fsp3) is 0.300. The Hall–Kier alpha value is -1.73. The van der Waals surface area contributed by atoms with Crippen molar-refractivity contribution in [3.63, 3.8) is 0 Å². The van der Waals surface area contributed by atoms with Gasteiger partial charge < -0.3 is 5.32 Å². The van der Waals surface area contributed by atoms with Crippen molar-refractivity contribution in [1.29, 1.82) is 0 Å². The predicted molar refractivity (Wildman–Crippen MR) is 93.7 cm³/mol. The Morgan fingerprint density at radius 3 is 2.77 bits per heavy atom. The molecule has 1 aliphatic heterocycles. The maximum absolute atomic E-state index is 6.48. The molecule has 1 N–H and O–H groups in total. The van der Waals surface area contributed by atoms with Gasteiger partial charge in [-0.2, -0.15) is 0 Å². The second-order valence-corrected chi connectivity index (χ2v) is 6.95. The van der Waals surface area contributed by atoms with Crippen molar-refractivity contribution in [3.05, 3.63) is 75.8 Å². The molecule has 2 aliphatic rings. The van der Waals surface area contributed by atoms with Crippen LogP contribution in [-0.4, -0.2) is 0 Å². The summed E-state index contributed by atoms with van der Waals surface area (Å²) < 4.78 is 0. The molecule has 2 heteroatoms. The molecule has 2 unspecified atom stereocenters. The van der Waals surface area contributed by atoms with E-state index in [0.29, 0.717) is 11.8 Å². The van der Waals surface area contributed by atoms with Crippen LogP contribution in [0.25, 0.3) is 0 Å². The SMILES string of the molecule is Cc1cc(C)c2c(c1)N[C@H](c1ccccc1Cl)C1CC=CC21. The minimum atomic E-state index is 0.280. The first-order valence-corrected chi connectivity index (χ1v) is 8.31. The van der Waals surface area contributed by atoms with E-state index in [1.54, 1.807) is 0 Å². The second-order valence-electron chi connectivity index (χ2n) is 6.54. The van der Waals surface area contributed by atoms with Gasteiger partial charge in [0, 0.05) is 16.6 Å². The molecule has 0 saturated carbocycles. The summed E-state index contributed by atoms with van der Waals surface area (Å²) in [6.45, 7) is 4.39. The van der Waals surface area contributed by atoms with Gasteiger partial charge in [-0.25, -0.2) is 0 Å². The van der Waals surface area contributed by atoms with Crippen molar-refractivity contribution in [3.8, 4) is 0 Å². The van der Waals surface area contributed by atoms with Gasteiger partial charge in [-0.3, -0.25) is 0 Å². The number of anilines is 1. The van der Waals surface area contributed by atoms with Crippen molar-refractivity contribution in [2.75, 3.05) is 5.32 Å². The number of halogens is 1. The van der Waals surface area contributed by atoms with Crippen LogP contribution >= 0.6 is 11.6 Å². The Morgan fingerprint density at radius 1 is 1.14 bits per heavy atom. The molecule has 2 aromatic carbocycles. The molecule has 0 saturated heterocycles. The van der Waals surface area contributed by atoms with Crippen LogP contribution in [0.1, 0.15) is 40.6 Å². The third-order valence-corrected chi connectivity index (χ3v) is 5.40. The fourth-order valence-electron chi connectivity index (χ4n) is 4.18. The smallest absolute Gasteiger partial charge is 0.0568 e. The fourth-order valence-corrected chi connectivity index (χ4v) is 4.43. The summed E-state index contributed by atoms with van der Waals surface area (Å²) in [5, 5.41) is 4.64. The molecule has 22 heavy (non-hydrogen) atoms. The highest BCUT2D eigenvalue weighted by atomic mass is 35.5. The lowest BCUT2D eigenvalue weighted by Gasteiger charge is -2.39. The lowest BCUT2D eigenvalue weighted by Crippen LogP contribution is -2.29. The molecule has 0 radical (unpaired) electrons. The number of allylic oxidation sites excluding steroid dienone is 2. The average Bonchev–Trinajstić information content (AvgIpc) is 2.95. The Morgan fingerprint density at radius 2 is 1.95 bits per heavy atom. The van der Waals surface area contributed by atoms with Gasteiger partial charge in [0.2, 0.25) is 0 Å². The molecule has 1 heterocycles. The number of nitrogens with one attached hydrogen (secondary N) is 1. The van der Waals surface area contributed by atoms with Gasteiger partial charge in [-0.15, -0.1) is 0 Å². The van der Waals surface area contributed by atoms with Gasteiger partial charge in [0.1, 0.15) is 0 Å². The zero-order chi connectivity index (χ0) is 15.3. The van der Waals surface area contributed by atoms with Gasteiger partial charge in [-0.1, -0.05) is 48.0 Å². The van der Waals surface area contributed by atoms with Gasteiger partial charge >= 0.3 is 0 Å².